The summed E-state index contributed by atoms with van der Waals surface area (Å²) in [5.41, 5.74) is 6.13. The summed E-state index contributed by atoms with van der Waals surface area (Å²) in [6.45, 7) is 5.13. The average molecular weight is 679 g/mol. The van der Waals surface area contributed by atoms with E-state index in [1.165, 1.54) is 6.42 Å². The van der Waals surface area contributed by atoms with Crippen LogP contribution in [0.5, 0.6) is 5.75 Å². The van der Waals surface area contributed by atoms with Gasteiger partial charge < -0.3 is 14.4 Å². The standard InChI is InChI=1S/C36H41BrClN3O3/c1-4-30-33(29(39-40(30)3)18-8-6-7-11-22-37)32-28(38)21-20-27-26(35(36(42)43)41(5-2)34(27)32)17-13-23-44-31-19-12-15-24-14-9-10-16-25(24)31/h9-10,12,14-16,19-21H,4-8,11,13,17-18,22-23H2,1-3H3,(H,42,43). The molecule has 0 aliphatic heterocycles. The monoisotopic (exact) mass is 677 g/mol. The number of aromatic carboxylic acids is 1. The van der Waals surface area contributed by atoms with Crippen LogP contribution < -0.4 is 4.74 Å². The first-order valence-electron chi connectivity index (χ1n) is 15.7. The van der Waals surface area contributed by atoms with E-state index in [0.29, 0.717) is 36.7 Å². The predicted octanol–water partition coefficient (Wildman–Crippen LogP) is 9.64. The van der Waals surface area contributed by atoms with Gasteiger partial charge >= 0.3 is 5.97 Å². The van der Waals surface area contributed by atoms with Crippen LogP contribution in [0.1, 0.15) is 73.4 Å². The summed E-state index contributed by atoms with van der Waals surface area (Å²) >= 11 is 10.6. The Labute approximate surface area is 273 Å². The Bertz CT molecular complexity index is 1770. The molecule has 6 nitrogen and oxygen atoms in total. The Balaban J connectivity index is 1.53. The van der Waals surface area contributed by atoms with E-state index in [-0.39, 0.29) is 0 Å². The molecule has 0 fully saturated rings. The minimum atomic E-state index is -0.927. The van der Waals surface area contributed by atoms with Gasteiger partial charge in [-0.2, -0.15) is 5.10 Å². The van der Waals surface area contributed by atoms with Crippen molar-refractivity contribution in [1.29, 1.82) is 0 Å². The van der Waals surface area contributed by atoms with E-state index >= 15 is 0 Å². The molecule has 0 atom stereocenters. The fraction of sp³-hybridized carbons (Fsp3) is 0.389. The predicted molar refractivity (Wildman–Crippen MR) is 185 cm³/mol. The van der Waals surface area contributed by atoms with Crippen LogP contribution in [-0.2, 0) is 32.9 Å². The molecular weight excluding hydrogens is 638 g/mol. The van der Waals surface area contributed by atoms with Gasteiger partial charge in [0.1, 0.15) is 11.4 Å². The summed E-state index contributed by atoms with van der Waals surface area (Å²) in [7, 11) is 1.99. The number of ether oxygens (including phenoxy) is 1. The molecule has 232 valence electrons. The van der Waals surface area contributed by atoms with Crippen molar-refractivity contribution < 1.29 is 14.6 Å². The lowest BCUT2D eigenvalue weighted by atomic mass is 9.95. The smallest absolute Gasteiger partial charge is 0.352 e. The van der Waals surface area contributed by atoms with Crippen LogP contribution in [0.25, 0.3) is 32.8 Å². The van der Waals surface area contributed by atoms with Crippen LogP contribution in [0, 0.1) is 0 Å². The molecule has 0 bridgehead atoms. The molecule has 0 aliphatic carbocycles. The molecule has 0 unspecified atom stereocenters. The third kappa shape index (κ3) is 6.40. The van der Waals surface area contributed by atoms with Gasteiger partial charge in [0.05, 0.1) is 22.8 Å². The highest BCUT2D eigenvalue weighted by molar-refractivity contribution is 9.09. The third-order valence-electron chi connectivity index (χ3n) is 8.50. The van der Waals surface area contributed by atoms with Gasteiger partial charge in [0.15, 0.2) is 0 Å². The van der Waals surface area contributed by atoms with Gasteiger partial charge in [-0.3, -0.25) is 4.68 Å². The first-order chi connectivity index (χ1) is 21.4. The molecule has 2 aromatic heterocycles. The van der Waals surface area contributed by atoms with Crippen molar-refractivity contribution in [1.82, 2.24) is 14.3 Å². The highest BCUT2D eigenvalue weighted by Crippen LogP contribution is 2.43. The number of aromatic nitrogens is 3. The summed E-state index contributed by atoms with van der Waals surface area (Å²) in [5.74, 6) is -0.0842. The Kier molecular flexibility index (Phi) is 10.7. The van der Waals surface area contributed by atoms with Crippen molar-refractivity contribution in [3.8, 4) is 16.9 Å². The number of hydrogen-bond donors (Lipinski definition) is 1. The average Bonchev–Trinajstić information content (AvgIpc) is 3.52. The SMILES string of the molecule is CCc1c(-c2c(Cl)ccc3c(CCCOc4cccc5ccccc45)c(C(=O)O)n(CC)c23)c(CCCCCCBr)nn1C. The lowest BCUT2D eigenvalue weighted by Crippen LogP contribution is -2.11. The van der Waals surface area contributed by atoms with Crippen molar-refractivity contribution in [2.24, 2.45) is 7.05 Å². The molecule has 5 rings (SSSR count). The van der Waals surface area contributed by atoms with Crippen molar-refractivity contribution in [3.63, 3.8) is 0 Å². The third-order valence-corrected chi connectivity index (χ3v) is 9.37. The minimum Gasteiger partial charge on any atom is -0.493 e. The minimum absolute atomic E-state index is 0.328. The Morgan fingerprint density at radius 2 is 1.70 bits per heavy atom. The first-order valence-corrected chi connectivity index (χ1v) is 17.2. The zero-order chi connectivity index (χ0) is 31.2. The number of benzene rings is 3. The topological polar surface area (TPSA) is 69.3 Å². The number of carbonyl (C=O) groups is 1. The molecule has 2 heterocycles. The Morgan fingerprint density at radius 1 is 0.932 bits per heavy atom. The summed E-state index contributed by atoms with van der Waals surface area (Å²) in [4.78, 5) is 12.8. The first kappa shape index (κ1) is 32.1. The van der Waals surface area contributed by atoms with Gasteiger partial charge in [0, 0.05) is 46.5 Å². The zero-order valence-corrected chi connectivity index (χ0v) is 28.2. The lowest BCUT2D eigenvalue weighted by molar-refractivity contribution is 0.0684. The van der Waals surface area contributed by atoms with E-state index in [9.17, 15) is 9.90 Å². The van der Waals surface area contributed by atoms with Crippen LogP contribution in [0.2, 0.25) is 5.02 Å². The molecule has 0 amide bonds. The highest BCUT2D eigenvalue weighted by Gasteiger charge is 2.28. The van der Waals surface area contributed by atoms with E-state index in [1.807, 2.05) is 59.6 Å². The van der Waals surface area contributed by atoms with Crippen molar-refractivity contribution in [3.05, 3.63) is 82.3 Å². The number of rotatable bonds is 15. The maximum Gasteiger partial charge on any atom is 0.352 e. The number of aryl methyl sites for hydroxylation is 4. The second kappa shape index (κ2) is 14.7. The van der Waals surface area contributed by atoms with Gasteiger partial charge in [-0.25, -0.2) is 4.79 Å². The number of unbranched alkanes of at least 4 members (excludes halogenated alkanes) is 3. The van der Waals surface area contributed by atoms with Gasteiger partial charge in [0.25, 0.3) is 0 Å². The Morgan fingerprint density at radius 3 is 2.45 bits per heavy atom. The van der Waals surface area contributed by atoms with Crippen molar-refractivity contribution in [2.75, 3.05) is 11.9 Å². The largest absolute Gasteiger partial charge is 0.493 e. The molecule has 0 saturated carbocycles. The Hall–Kier alpha value is -3.29. The number of hydrogen-bond acceptors (Lipinski definition) is 3. The molecule has 0 spiro atoms. The number of carboxylic acid groups (broad SMARTS) is 1. The lowest BCUT2D eigenvalue weighted by Gasteiger charge is -2.14. The van der Waals surface area contributed by atoms with E-state index < -0.39 is 5.97 Å². The van der Waals surface area contributed by atoms with E-state index in [1.54, 1.807) is 0 Å². The summed E-state index contributed by atoms with van der Waals surface area (Å²) in [6, 6.07) is 18.1. The summed E-state index contributed by atoms with van der Waals surface area (Å²) in [6.07, 6.45) is 7.44. The van der Waals surface area contributed by atoms with Gasteiger partial charge in [0.2, 0.25) is 0 Å². The molecule has 0 saturated heterocycles. The number of fused-ring (bicyclic) bond motifs is 2. The normalized spacial score (nSPS) is 11.6. The maximum absolute atomic E-state index is 12.8. The molecule has 0 aliphatic rings. The molecule has 0 radical (unpaired) electrons. The summed E-state index contributed by atoms with van der Waals surface area (Å²) in [5, 5.41) is 20.3. The molecule has 1 N–H and O–H groups in total. The van der Waals surface area contributed by atoms with Crippen LogP contribution in [-0.4, -0.2) is 37.4 Å². The number of carboxylic acids is 1. The molecule has 44 heavy (non-hydrogen) atoms. The highest BCUT2D eigenvalue weighted by atomic mass is 79.9. The quantitative estimate of drug-likeness (QED) is 0.0885. The fourth-order valence-corrected chi connectivity index (χ4v) is 7.17. The molecule has 3 aromatic carbocycles. The second-order valence-electron chi connectivity index (χ2n) is 11.2. The number of nitrogens with zero attached hydrogens (tertiary/aromatic N) is 3. The van der Waals surface area contributed by atoms with E-state index in [2.05, 4.69) is 41.1 Å². The number of halogens is 2. The van der Waals surface area contributed by atoms with E-state index in [4.69, 9.17) is 21.4 Å². The van der Waals surface area contributed by atoms with Crippen LogP contribution >= 0.6 is 27.5 Å². The second-order valence-corrected chi connectivity index (χ2v) is 12.4. The van der Waals surface area contributed by atoms with Gasteiger partial charge in [-0.05, 0) is 68.5 Å². The van der Waals surface area contributed by atoms with Crippen LogP contribution in [0.15, 0.2) is 54.6 Å². The van der Waals surface area contributed by atoms with Gasteiger partial charge in [-0.1, -0.05) is 89.8 Å². The summed E-state index contributed by atoms with van der Waals surface area (Å²) < 4.78 is 10.1. The van der Waals surface area contributed by atoms with E-state index in [0.717, 1.165) is 92.9 Å². The maximum atomic E-state index is 12.8. The van der Waals surface area contributed by atoms with Crippen molar-refractivity contribution >= 4 is 55.2 Å². The fourth-order valence-electron chi connectivity index (χ4n) is 6.53. The zero-order valence-electron chi connectivity index (χ0n) is 25.8. The molecule has 5 aromatic rings. The molecule has 8 heteroatoms. The van der Waals surface area contributed by atoms with Crippen molar-refractivity contribution in [2.45, 2.75) is 71.8 Å². The number of alkyl halides is 1. The molecular formula is C36H41BrClN3O3. The van der Waals surface area contributed by atoms with Crippen LogP contribution in [0.4, 0.5) is 0 Å². The van der Waals surface area contributed by atoms with Gasteiger partial charge in [-0.15, -0.1) is 0 Å². The van der Waals surface area contributed by atoms with Crippen LogP contribution in [0.3, 0.4) is 0 Å².